The first kappa shape index (κ1) is 37.3. The van der Waals surface area contributed by atoms with Crippen molar-refractivity contribution < 1.29 is 37.5 Å². The smallest absolute Gasteiger partial charge is 0.337 e. The van der Waals surface area contributed by atoms with Crippen LogP contribution in [0, 0.1) is 10.1 Å². The highest BCUT2D eigenvalue weighted by Crippen LogP contribution is 2.42. The van der Waals surface area contributed by atoms with E-state index in [4.69, 9.17) is 9.47 Å². The van der Waals surface area contributed by atoms with Crippen LogP contribution in [0.5, 0.6) is 5.75 Å². The van der Waals surface area contributed by atoms with Crippen LogP contribution in [-0.4, -0.2) is 78.8 Å². The van der Waals surface area contributed by atoms with Gasteiger partial charge in [0.25, 0.3) is 5.69 Å². The normalized spacial score (nSPS) is 14.4. The third kappa shape index (κ3) is 8.34. The summed E-state index contributed by atoms with van der Waals surface area (Å²) >= 11 is 0. The predicted molar refractivity (Wildman–Crippen MR) is 195 cm³/mol. The van der Waals surface area contributed by atoms with Crippen molar-refractivity contribution in [1.82, 2.24) is 8.87 Å². The Hall–Kier alpha value is -4.95. The largest absolute Gasteiger partial charge is 0.489 e. The molecule has 1 unspecified atom stereocenters. The maximum absolute atomic E-state index is 12.5. The van der Waals surface area contributed by atoms with Crippen LogP contribution in [0.3, 0.4) is 0 Å². The summed E-state index contributed by atoms with van der Waals surface area (Å²) in [6.07, 6.45) is 4.96. The number of nitro benzene ring substituents is 1. The fourth-order valence-corrected chi connectivity index (χ4v) is 7.72. The molecule has 1 aliphatic rings. The maximum Gasteiger partial charge on any atom is 0.337 e. The zero-order valence-electron chi connectivity index (χ0n) is 29.3. The molecule has 1 N–H and O–H groups in total. The van der Waals surface area contributed by atoms with E-state index in [0.717, 1.165) is 53.6 Å². The van der Waals surface area contributed by atoms with Gasteiger partial charge in [-0.3, -0.25) is 14.9 Å². The number of carbonyl (C=O) groups excluding carboxylic acids is 1. The molecule has 0 saturated carbocycles. The van der Waals surface area contributed by atoms with Crippen LogP contribution in [-0.2, 0) is 32.7 Å². The van der Waals surface area contributed by atoms with Crippen LogP contribution < -0.4 is 9.64 Å². The van der Waals surface area contributed by atoms with Crippen LogP contribution in [0.2, 0.25) is 0 Å². The lowest BCUT2D eigenvalue weighted by atomic mass is 9.87. The van der Waals surface area contributed by atoms with Gasteiger partial charge in [-0.15, -0.1) is 0 Å². The van der Waals surface area contributed by atoms with E-state index in [-0.39, 0.29) is 24.8 Å². The van der Waals surface area contributed by atoms with Gasteiger partial charge in [-0.1, -0.05) is 32.8 Å². The second-order valence-electron chi connectivity index (χ2n) is 12.7. The molecule has 14 heteroatoms. The number of carbonyl (C=O) groups is 2. The third-order valence-corrected chi connectivity index (χ3v) is 10.8. The lowest BCUT2D eigenvalue weighted by Crippen LogP contribution is -2.48. The summed E-state index contributed by atoms with van der Waals surface area (Å²) in [6.45, 7) is 5.44. The topological polar surface area (TPSA) is 162 Å². The van der Waals surface area contributed by atoms with Crippen LogP contribution >= 0.6 is 0 Å². The van der Waals surface area contributed by atoms with Crippen molar-refractivity contribution >= 4 is 44.2 Å². The predicted octanol–water partition coefficient (Wildman–Crippen LogP) is 6.43. The van der Waals surface area contributed by atoms with Crippen molar-refractivity contribution in [2.24, 2.45) is 0 Å². The highest BCUT2D eigenvalue weighted by Gasteiger charge is 2.27. The monoisotopic (exact) mass is 720 g/mol. The second kappa shape index (κ2) is 15.9. The van der Waals surface area contributed by atoms with Gasteiger partial charge in [-0.25, -0.2) is 13.2 Å². The molecule has 1 saturated heterocycles. The Labute approximate surface area is 297 Å². The van der Waals surface area contributed by atoms with E-state index >= 15 is 0 Å². The van der Waals surface area contributed by atoms with E-state index in [9.17, 15) is 33.2 Å². The average Bonchev–Trinajstić information content (AvgIpc) is 3.42. The van der Waals surface area contributed by atoms with Gasteiger partial charge in [0.05, 0.1) is 35.1 Å². The molecule has 2 heterocycles. The molecule has 0 amide bonds. The van der Waals surface area contributed by atoms with E-state index in [0.29, 0.717) is 48.6 Å². The minimum absolute atomic E-state index is 0.0262. The molecule has 0 spiro atoms. The van der Waals surface area contributed by atoms with Crippen LogP contribution in [0.1, 0.15) is 66.9 Å². The SMILES string of the molecule is CCCCC(CC)c1c(-c2ccc(OCc3cc([N+](=O)[O-])ccc3N3CCN(S(C)(=O)=O)CC3)cc2)n(CC(=O)O)c2cc(C(=O)OC)ccc12. The van der Waals surface area contributed by atoms with E-state index in [1.54, 1.807) is 34.9 Å². The molecule has 272 valence electrons. The summed E-state index contributed by atoms with van der Waals surface area (Å²) in [5.41, 5.74) is 4.79. The Morgan fingerprint density at radius 2 is 1.71 bits per heavy atom. The fraction of sp³-hybridized carbons (Fsp3) is 0.405. The number of nitrogens with zero attached hydrogens (tertiary/aromatic N) is 4. The Kier molecular flexibility index (Phi) is 11.7. The number of non-ortho nitro benzene ring substituents is 1. The average molecular weight is 721 g/mol. The molecule has 0 radical (unpaired) electrons. The van der Waals surface area contributed by atoms with Crippen molar-refractivity contribution in [1.29, 1.82) is 0 Å². The second-order valence-corrected chi connectivity index (χ2v) is 14.7. The number of carboxylic acid groups (broad SMARTS) is 1. The van der Waals surface area contributed by atoms with Gasteiger partial charge in [-0.2, -0.15) is 4.31 Å². The first-order valence-corrected chi connectivity index (χ1v) is 18.9. The number of piperazine rings is 1. The molecular weight excluding hydrogens is 676 g/mol. The number of unbranched alkanes of at least 4 members (excludes halogenated alkanes) is 1. The Balaban J connectivity index is 1.50. The van der Waals surface area contributed by atoms with Crippen molar-refractivity contribution in [3.8, 4) is 17.0 Å². The minimum atomic E-state index is -3.32. The van der Waals surface area contributed by atoms with Crippen LogP contribution in [0.15, 0.2) is 60.7 Å². The number of benzene rings is 3. The number of ether oxygens (including phenoxy) is 2. The number of fused-ring (bicyclic) bond motifs is 1. The lowest BCUT2D eigenvalue weighted by molar-refractivity contribution is -0.384. The van der Waals surface area contributed by atoms with Crippen molar-refractivity contribution in [3.05, 3.63) is 87.5 Å². The number of hydrogen-bond acceptors (Lipinski definition) is 9. The van der Waals surface area contributed by atoms with E-state index in [2.05, 4.69) is 13.8 Å². The van der Waals surface area contributed by atoms with Gasteiger partial charge >= 0.3 is 11.9 Å². The molecule has 3 aromatic carbocycles. The number of carboxylic acids is 1. The number of rotatable bonds is 15. The summed E-state index contributed by atoms with van der Waals surface area (Å²) in [7, 11) is -2.01. The minimum Gasteiger partial charge on any atom is -0.489 e. The number of sulfonamides is 1. The van der Waals surface area contributed by atoms with Gasteiger partial charge in [-0.05, 0) is 72.4 Å². The molecule has 0 bridgehead atoms. The number of methoxy groups -OCH3 is 1. The number of nitro groups is 1. The Bertz CT molecular complexity index is 2020. The number of aromatic nitrogens is 1. The molecule has 1 fully saturated rings. The first-order valence-electron chi connectivity index (χ1n) is 17.0. The molecule has 51 heavy (non-hydrogen) atoms. The van der Waals surface area contributed by atoms with Gasteiger partial charge in [0.1, 0.15) is 18.9 Å². The summed E-state index contributed by atoms with van der Waals surface area (Å²) in [6, 6.07) is 17.2. The molecule has 4 aromatic rings. The summed E-state index contributed by atoms with van der Waals surface area (Å²) in [4.78, 5) is 37.9. The van der Waals surface area contributed by atoms with Gasteiger partial charge < -0.3 is 24.0 Å². The van der Waals surface area contributed by atoms with E-state index in [1.165, 1.54) is 29.8 Å². The molecule has 1 atom stereocenters. The van der Waals surface area contributed by atoms with E-state index < -0.39 is 26.9 Å². The quantitative estimate of drug-likeness (QED) is 0.0823. The van der Waals surface area contributed by atoms with Gasteiger partial charge in [0, 0.05) is 54.9 Å². The number of anilines is 1. The summed E-state index contributed by atoms with van der Waals surface area (Å²) < 4.78 is 38.4. The lowest BCUT2D eigenvalue weighted by Gasteiger charge is -2.35. The standard InChI is InChI=1S/C37H44N4O9S/c1-5-7-8-25(6-2)35-31-15-11-27(37(44)49-3)22-33(31)40(23-34(42)43)36(35)26-9-13-30(14-10-26)50-24-28-21-29(41(45)46)12-16-32(28)38-17-19-39(20-18-38)51(4,47)48/h9-16,21-22,25H,5-8,17-20,23-24H2,1-4H3,(H,42,43). The van der Waals surface area contributed by atoms with Crippen LogP contribution in [0.4, 0.5) is 11.4 Å². The zero-order chi connectivity index (χ0) is 36.9. The number of hydrogen-bond donors (Lipinski definition) is 1. The van der Waals surface area contributed by atoms with Gasteiger partial charge in [0.2, 0.25) is 10.0 Å². The molecular formula is C37H44N4O9S. The van der Waals surface area contributed by atoms with Crippen molar-refractivity contribution in [2.45, 2.75) is 58.6 Å². The molecule has 1 aliphatic heterocycles. The summed E-state index contributed by atoms with van der Waals surface area (Å²) in [5.74, 6) is -0.878. The Morgan fingerprint density at radius 3 is 2.29 bits per heavy atom. The molecule has 1 aromatic heterocycles. The first-order chi connectivity index (χ1) is 24.4. The van der Waals surface area contributed by atoms with Crippen LogP contribution in [0.25, 0.3) is 22.2 Å². The number of aliphatic carboxylic acids is 1. The highest BCUT2D eigenvalue weighted by molar-refractivity contribution is 7.88. The zero-order valence-corrected chi connectivity index (χ0v) is 30.1. The summed E-state index contributed by atoms with van der Waals surface area (Å²) in [5, 5.41) is 22.5. The van der Waals surface area contributed by atoms with Gasteiger partial charge in [0.15, 0.2) is 0 Å². The molecule has 0 aliphatic carbocycles. The van der Waals surface area contributed by atoms with Crippen molar-refractivity contribution in [2.75, 3.05) is 44.4 Å². The molecule has 5 rings (SSSR count). The maximum atomic E-state index is 12.5. The van der Waals surface area contributed by atoms with E-state index in [1.807, 2.05) is 23.1 Å². The number of esters is 1. The fourth-order valence-electron chi connectivity index (χ4n) is 6.89. The van der Waals surface area contributed by atoms with Crippen molar-refractivity contribution in [3.63, 3.8) is 0 Å². The molecule has 13 nitrogen and oxygen atoms in total. The third-order valence-electron chi connectivity index (χ3n) is 9.47. The highest BCUT2D eigenvalue weighted by atomic mass is 32.2. The Morgan fingerprint density at radius 1 is 1.00 bits per heavy atom.